The first-order valence-corrected chi connectivity index (χ1v) is 17.1. The van der Waals surface area contributed by atoms with Crippen molar-refractivity contribution < 1.29 is 19.1 Å². The van der Waals surface area contributed by atoms with Gasteiger partial charge in [0.2, 0.25) is 10.6 Å². The Kier molecular flexibility index (Phi) is 13.0. The van der Waals surface area contributed by atoms with Crippen molar-refractivity contribution in [1.29, 1.82) is 0 Å². The van der Waals surface area contributed by atoms with Gasteiger partial charge in [-0.05, 0) is 124 Å². The van der Waals surface area contributed by atoms with Gasteiger partial charge < -0.3 is 19.0 Å². The van der Waals surface area contributed by atoms with Crippen LogP contribution in [0.25, 0.3) is 22.1 Å². The lowest BCUT2D eigenvalue weighted by molar-refractivity contribution is -0.157. The third kappa shape index (κ3) is 8.03. The van der Waals surface area contributed by atoms with E-state index in [1.165, 1.54) is 38.5 Å². The number of nitrogens with zero attached hydrogens (tertiary/aromatic N) is 5. The zero-order chi connectivity index (χ0) is 32.2. The quantitative estimate of drug-likeness (QED) is 0.162. The van der Waals surface area contributed by atoms with Crippen LogP contribution >= 0.6 is 23.2 Å². The number of fused-ring (bicyclic) bond motifs is 7. The number of allylic oxidation sites excluding steroid dienone is 1. The minimum Gasteiger partial charge on any atom is -0.466 e. The third-order valence-corrected chi connectivity index (χ3v) is 10.3. The van der Waals surface area contributed by atoms with E-state index in [9.17, 15) is 9.59 Å². The Bertz CT molecular complexity index is 1700. The van der Waals surface area contributed by atoms with Gasteiger partial charge in [0, 0.05) is 41.1 Å². The zero-order valence-corrected chi connectivity index (χ0v) is 27.7. The summed E-state index contributed by atoms with van der Waals surface area (Å²) in [5.74, 6) is 1.86. The van der Waals surface area contributed by atoms with Gasteiger partial charge in [0.1, 0.15) is 11.3 Å². The number of aromatic nitrogens is 6. The lowest BCUT2D eigenvalue weighted by atomic mass is 9.61. The average Bonchev–Trinajstić information content (AvgIpc) is 3.72. The number of rotatable bonds is 5. The molecule has 0 unspecified atom stereocenters. The van der Waals surface area contributed by atoms with Crippen LogP contribution in [0.3, 0.4) is 0 Å². The Hall–Kier alpha value is -3.50. The van der Waals surface area contributed by atoms with Crippen molar-refractivity contribution in [2.45, 2.75) is 86.1 Å². The normalized spacial score (nSPS) is 25.0. The fraction of sp³-hybridized carbons (Fsp3) is 0.556. The van der Waals surface area contributed by atoms with E-state index in [1.54, 1.807) is 18.6 Å². The molecule has 6 aliphatic rings. The number of hydrogen-bond donors (Lipinski definition) is 1. The molecule has 12 heteroatoms. The topological polar surface area (TPSA) is 125 Å². The Morgan fingerprint density at radius 3 is 2.15 bits per heavy atom. The van der Waals surface area contributed by atoms with Gasteiger partial charge >= 0.3 is 11.9 Å². The number of ether oxygens (including phenoxy) is 2. The monoisotopic (exact) mass is 698 g/mol. The number of carbonyl (C=O) groups is 2. The van der Waals surface area contributed by atoms with Crippen molar-refractivity contribution in [3.05, 3.63) is 59.1 Å². The van der Waals surface area contributed by atoms with Crippen LogP contribution in [-0.2, 0) is 19.1 Å². The highest BCUT2D eigenvalue weighted by atomic mass is 35.5. The standard InChI is InChI=1S/C17H20ClN3O2.C11H16O2.C6H4ClN3.2CH4/c1-2-23-16(22)13-10-3-5-11(6-4-10)14(13)21-8-7-12-9-19-17(18)20-15(12)21;1-2-13-11(12)10-7-8-3-5-9(10)6-4-8;7-6-9-3-4-1-2-8-5(4)10-6;;/h7-11,13-14H,2-6H2,1H3;7-9H,2-6H2,1H3;1-3H,(H,8,9,10);2*1H4/t10?,11?,13-,14-;;;;/m0..../s1. The van der Waals surface area contributed by atoms with Crippen LogP contribution in [0, 0.1) is 29.6 Å². The van der Waals surface area contributed by atoms with Gasteiger partial charge in [-0.25, -0.2) is 14.8 Å². The molecule has 0 amide bonds. The molecular weight excluding hydrogens is 651 g/mol. The van der Waals surface area contributed by atoms with E-state index in [0.717, 1.165) is 40.5 Å². The van der Waals surface area contributed by atoms with Gasteiger partial charge in [0.15, 0.2) is 0 Å². The van der Waals surface area contributed by atoms with E-state index in [1.807, 2.05) is 32.2 Å². The zero-order valence-electron chi connectivity index (χ0n) is 26.2. The summed E-state index contributed by atoms with van der Waals surface area (Å²) in [5, 5.41) is 2.45. The summed E-state index contributed by atoms with van der Waals surface area (Å²) < 4.78 is 12.6. The van der Waals surface area contributed by atoms with E-state index >= 15 is 0 Å². The Morgan fingerprint density at radius 1 is 0.854 bits per heavy atom. The molecule has 0 aliphatic heterocycles. The molecule has 48 heavy (non-hydrogen) atoms. The number of hydrogen-bond acceptors (Lipinski definition) is 8. The van der Waals surface area contributed by atoms with Crippen molar-refractivity contribution in [2.75, 3.05) is 13.2 Å². The summed E-state index contributed by atoms with van der Waals surface area (Å²) in [4.78, 5) is 43.2. The fourth-order valence-corrected chi connectivity index (χ4v) is 8.06. The van der Waals surface area contributed by atoms with Gasteiger partial charge in [-0.15, -0.1) is 0 Å². The number of H-pyrrole nitrogens is 1. The smallest absolute Gasteiger partial charge is 0.333 e. The Morgan fingerprint density at radius 2 is 1.50 bits per heavy atom. The van der Waals surface area contributed by atoms with Crippen LogP contribution in [0.2, 0.25) is 10.6 Å². The minimum absolute atomic E-state index is 0. The number of aromatic amines is 1. The lowest BCUT2D eigenvalue weighted by Gasteiger charge is -2.47. The maximum Gasteiger partial charge on any atom is 0.333 e. The molecule has 4 bridgehead atoms. The maximum absolute atomic E-state index is 12.6. The van der Waals surface area contributed by atoms with Crippen LogP contribution in [0.1, 0.15) is 86.1 Å². The van der Waals surface area contributed by atoms with Crippen molar-refractivity contribution in [2.24, 2.45) is 29.6 Å². The molecule has 0 aromatic carbocycles. The molecule has 4 fully saturated rings. The van der Waals surface area contributed by atoms with Crippen LogP contribution in [0.15, 0.2) is 48.6 Å². The Labute approximate surface area is 293 Å². The lowest BCUT2D eigenvalue weighted by Crippen LogP contribution is -2.45. The average molecular weight is 700 g/mol. The molecule has 4 heterocycles. The summed E-state index contributed by atoms with van der Waals surface area (Å²) in [6.45, 7) is 4.65. The third-order valence-electron chi connectivity index (χ3n) is 9.89. The van der Waals surface area contributed by atoms with Gasteiger partial charge in [-0.2, -0.15) is 9.97 Å². The van der Waals surface area contributed by atoms with Crippen LogP contribution in [0.4, 0.5) is 0 Å². The van der Waals surface area contributed by atoms with Gasteiger partial charge in [-0.3, -0.25) is 4.79 Å². The summed E-state index contributed by atoms with van der Waals surface area (Å²) in [7, 11) is 0. The first kappa shape index (κ1) is 37.3. The molecule has 4 aromatic heterocycles. The molecule has 1 N–H and O–H groups in total. The van der Waals surface area contributed by atoms with E-state index < -0.39 is 0 Å². The molecule has 10 nitrogen and oxygen atoms in total. The first-order valence-electron chi connectivity index (χ1n) is 16.4. The van der Waals surface area contributed by atoms with Gasteiger partial charge in [-0.1, -0.05) is 20.9 Å². The second-order valence-electron chi connectivity index (χ2n) is 12.5. The van der Waals surface area contributed by atoms with E-state index in [2.05, 4.69) is 35.6 Å². The molecular formula is C36H48Cl2N6O4. The number of nitrogens with one attached hydrogen (secondary N) is 1. The minimum atomic E-state index is -0.0770. The maximum atomic E-state index is 12.6. The summed E-state index contributed by atoms with van der Waals surface area (Å²) in [6.07, 6.45) is 18.9. The number of halogens is 2. The van der Waals surface area contributed by atoms with Gasteiger partial charge in [0.25, 0.3) is 0 Å². The molecule has 6 aliphatic carbocycles. The molecule has 0 saturated heterocycles. The van der Waals surface area contributed by atoms with Gasteiger partial charge in [0.05, 0.1) is 25.2 Å². The molecule has 0 radical (unpaired) electrons. The van der Waals surface area contributed by atoms with E-state index in [-0.39, 0.29) is 49.3 Å². The number of esters is 2. The van der Waals surface area contributed by atoms with Crippen molar-refractivity contribution >= 4 is 57.2 Å². The predicted molar refractivity (Wildman–Crippen MR) is 190 cm³/mol. The summed E-state index contributed by atoms with van der Waals surface area (Å²) in [5.41, 5.74) is 2.56. The van der Waals surface area contributed by atoms with Crippen LogP contribution in [-0.4, -0.2) is 54.6 Å². The highest BCUT2D eigenvalue weighted by Crippen LogP contribution is 2.52. The molecule has 4 saturated carbocycles. The molecule has 4 aromatic rings. The highest BCUT2D eigenvalue weighted by Gasteiger charge is 2.49. The Balaban J connectivity index is 0.000000176. The second-order valence-corrected chi connectivity index (χ2v) is 13.1. The number of carbonyl (C=O) groups excluding carboxylic acids is 2. The molecule has 0 spiro atoms. The second kappa shape index (κ2) is 16.7. The van der Waals surface area contributed by atoms with E-state index in [0.29, 0.717) is 36.9 Å². The largest absolute Gasteiger partial charge is 0.466 e. The fourth-order valence-electron chi connectivity index (χ4n) is 7.80. The van der Waals surface area contributed by atoms with Crippen LogP contribution < -0.4 is 0 Å². The van der Waals surface area contributed by atoms with Crippen molar-refractivity contribution in [3.8, 4) is 0 Å². The highest BCUT2D eigenvalue weighted by molar-refractivity contribution is 6.28. The first-order chi connectivity index (χ1) is 22.4. The molecule has 2 atom stereocenters. The van der Waals surface area contributed by atoms with Crippen molar-refractivity contribution in [1.82, 2.24) is 29.5 Å². The molecule has 260 valence electrons. The summed E-state index contributed by atoms with van der Waals surface area (Å²) in [6, 6.07) is 4.01. The van der Waals surface area contributed by atoms with Crippen LogP contribution in [0.5, 0.6) is 0 Å². The predicted octanol–water partition coefficient (Wildman–Crippen LogP) is 8.80. The van der Waals surface area contributed by atoms with Crippen molar-refractivity contribution in [3.63, 3.8) is 0 Å². The van der Waals surface area contributed by atoms with E-state index in [4.69, 9.17) is 32.7 Å². The molecule has 10 rings (SSSR count). The summed E-state index contributed by atoms with van der Waals surface area (Å²) >= 11 is 11.5. The SMILES string of the molecule is C.C.CCOC(=O)C1=CC2CCC1CC2.CCOC(=O)[C@H]1C2CCC(CC2)[C@@H]1n1ccc2cnc(Cl)nc21.Clc1ncc2cc[nH]c2n1.